The number of aliphatic carboxylic acids is 1. The highest BCUT2D eigenvalue weighted by molar-refractivity contribution is 5.96. The Labute approximate surface area is 185 Å². The van der Waals surface area contributed by atoms with E-state index in [9.17, 15) is 22.8 Å². The van der Waals surface area contributed by atoms with E-state index in [1.165, 1.54) is 0 Å². The van der Waals surface area contributed by atoms with Gasteiger partial charge < -0.3 is 20.2 Å². The summed E-state index contributed by atoms with van der Waals surface area (Å²) in [6.45, 7) is 5.26. The fourth-order valence-electron chi connectivity index (χ4n) is 3.76. The highest BCUT2D eigenvalue weighted by Gasteiger charge is 2.48. The van der Waals surface area contributed by atoms with Gasteiger partial charge in [-0.3, -0.25) is 9.69 Å². The predicted octanol–water partition coefficient (Wildman–Crippen LogP) is 2.55. The normalized spacial score (nSPS) is 21.3. The lowest BCUT2D eigenvalue weighted by Crippen LogP contribution is -2.64. The van der Waals surface area contributed by atoms with E-state index in [4.69, 9.17) is 9.90 Å². The molecule has 1 aromatic carbocycles. The van der Waals surface area contributed by atoms with Gasteiger partial charge in [0.25, 0.3) is 0 Å². The Balaban J connectivity index is 0.000000451. The molecule has 1 unspecified atom stereocenters. The Morgan fingerprint density at radius 3 is 2.38 bits per heavy atom. The predicted molar refractivity (Wildman–Crippen MR) is 112 cm³/mol. The fraction of sp³-hybridized carbons (Fsp3) is 0.571. The molecule has 178 valence electrons. The first-order chi connectivity index (χ1) is 15.0. The average molecular weight is 458 g/mol. The maximum atomic E-state index is 12.5. The number of rotatable bonds is 4. The molecule has 3 amide bonds. The van der Waals surface area contributed by atoms with Gasteiger partial charge in [-0.2, -0.15) is 13.2 Å². The van der Waals surface area contributed by atoms with Gasteiger partial charge in [-0.05, 0) is 32.0 Å². The number of hydrogen-bond acceptors (Lipinski definition) is 4. The standard InChI is InChI=1S/C19H28N4O2.C2HF3O2/c1-3-4-11-20-18(25)22-12-10-19(14-22)15-23(17(24)13-21(19)2)16-8-6-5-7-9-16;3-2(4,5)1(6)7/h5-9H,3-4,10-15H2,1-2H3,(H,20,25);(H,6,7). The van der Waals surface area contributed by atoms with E-state index < -0.39 is 12.1 Å². The molecule has 0 aliphatic carbocycles. The summed E-state index contributed by atoms with van der Waals surface area (Å²) in [5.41, 5.74) is 0.775. The maximum Gasteiger partial charge on any atom is 0.490 e. The first-order valence-corrected chi connectivity index (χ1v) is 10.4. The van der Waals surface area contributed by atoms with Crippen LogP contribution in [-0.2, 0) is 9.59 Å². The van der Waals surface area contributed by atoms with Crippen molar-refractivity contribution in [3.63, 3.8) is 0 Å². The molecule has 0 bridgehead atoms. The van der Waals surface area contributed by atoms with E-state index in [1.807, 2.05) is 47.2 Å². The molecule has 3 rings (SSSR count). The van der Waals surface area contributed by atoms with Crippen molar-refractivity contribution in [3.05, 3.63) is 30.3 Å². The molecule has 2 heterocycles. The van der Waals surface area contributed by atoms with Gasteiger partial charge in [0.05, 0.1) is 12.1 Å². The largest absolute Gasteiger partial charge is 0.490 e. The smallest absolute Gasteiger partial charge is 0.475 e. The number of likely N-dealkylation sites (tertiary alicyclic amines) is 1. The number of carboxylic acids is 1. The summed E-state index contributed by atoms with van der Waals surface area (Å²) >= 11 is 0. The van der Waals surface area contributed by atoms with E-state index in [2.05, 4.69) is 17.1 Å². The average Bonchev–Trinajstić information content (AvgIpc) is 3.17. The van der Waals surface area contributed by atoms with Gasteiger partial charge in [0.2, 0.25) is 5.91 Å². The van der Waals surface area contributed by atoms with Crippen molar-refractivity contribution in [3.8, 4) is 0 Å². The first kappa shape index (κ1) is 25.4. The molecule has 1 spiro atoms. The lowest BCUT2D eigenvalue weighted by Gasteiger charge is -2.46. The van der Waals surface area contributed by atoms with Gasteiger partial charge in [0, 0.05) is 31.9 Å². The van der Waals surface area contributed by atoms with Gasteiger partial charge >= 0.3 is 18.2 Å². The molecule has 0 aromatic heterocycles. The highest BCUT2D eigenvalue weighted by Crippen LogP contribution is 2.33. The first-order valence-electron chi connectivity index (χ1n) is 10.4. The fourth-order valence-corrected chi connectivity index (χ4v) is 3.76. The number of carboxylic acid groups (broad SMARTS) is 1. The minimum atomic E-state index is -5.08. The summed E-state index contributed by atoms with van der Waals surface area (Å²) in [6.07, 6.45) is -2.12. The van der Waals surface area contributed by atoms with Gasteiger partial charge in [0.1, 0.15) is 0 Å². The molecule has 2 saturated heterocycles. The molecule has 0 radical (unpaired) electrons. The molecule has 2 N–H and O–H groups in total. The summed E-state index contributed by atoms with van der Waals surface area (Å²) in [6, 6.07) is 9.83. The molecular formula is C21H29F3N4O4. The summed E-state index contributed by atoms with van der Waals surface area (Å²) < 4.78 is 31.7. The van der Waals surface area contributed by atoms with Crippen LogP contribution in [0, 0.1) is 0 Å². The second-order valence-corrected chi connectivity index (χ2v) is 7.96. The third kappa shape index (κ3) is 6.35. The van der Waals surface area contributed by atoms with Crippen molar-refractivity contribution >= 4 is 23.6 Å². The number of nitrogens with one attached hydrogen (secondary N) is 1. The van der Waals surface area contributed by atoms with Gasteiger partial charge in [0.15, 0.2) is 0 Å². The molecule has 1 atom stereocenters. The number of amides is 3. The third-order valence-electron chi connectivity index (χ3n) is 5.67. The zero-order valence-corrected chi connectivity index (χ0v) is 18.2. The number of halogens is 3. The molecule has 2 fully saturated rings. The van der Waals surface area contributed by atoms with Gasteiger partial charge in [-0.1, -0.05) is 31.5 Å². The lowest BCUT2D eigenvalue weighted by atomic mass is 9.92. The summed E-state index contributed by atoms with van der Waals surface area (Å²) in [5.74, 6) is -2.64. The van der Waals surface area contributed by atoms with Crippen LogP contribution in [0.1, 0.15) is 26.2 Å². The molecular weight excluding hydrogens is 429 g/mol. The van der Waals surface area contributed by atoms with Crippen LogP contribution in [0.3, 0.4) is 0 Å². The van der Waals surface area contributed by atoms with Crippen LogP contribution < -0.4 is 10.2 Å². The Morgan fingerprint density at radius 1 is 1.19 bits per heavy atom. The number of unbranched alkanes of at least 4 members (excludes halogenated alkanes) is 1. The van der Waals surface area contributed by atoms with Gasteiger partial charge in [-0.25, -0.2) is 9.59 Å². The molecule has 32 heavy (non-hydrogen) atoms. The van der Waals surface area contributed by atoms with Crippen LogP contribution in [0.4, 0.5) is 23.7 Å². The van der Waals surface area contributed by atoms with Crippen molar-refractivity contribution in [2.45, 2.75) is 37.9 Å². The molecule has 2 aliphatic rings. The van der Waals surface area contributed by atoms with Crippen LogP contribution in [0.25, 0.3) is 0 Å². The third-order valence-corrected chi connectivity index (χ3v) is 5.67. The van der Waals surface area contributed by atoms with E-state index >= 15 is 0 Å². The van der Waals surface area contributed by atoms with E-state index in [0.29, 0.717) is 19.6 Å². The van der Waals surface area contributed by atoms with Crippen LogP contribution in [-0.4, -0.2) is 84.3 Å². The number of urea groups is 1. The Morgan fingerprint density at radius 2 is 1.81 bits per heavy atom. The van der Waals surface area contributed by atoms with Crippen molar-refractivity contribution in [1.82, 2.24) is 15.1 Å². The van der Waals surface area contributed by atoms with Gasteiger partial charge in [-0.15, -0.1) is 0 Å². The number of para-hydroxylation sites is 1. The number of likely N-dealkylation sites (N-methyl/N-ethyl adjacent to an activating group) is 1. The number of anilines is 1. The number of hydrogen-bond donors (Lipinski definition) is 2. The van der Waals surface area contributed by atoms with Crippen LogP contribution >= 0.6 is 0 Å². The Kier molecular flexibility index (Phi) is 8.48. The second-order valence-electron chi connectivity index (χ2n) is 7.96. The second kappa shape index (κ2) is 10.7. The lowest BCUT2D eigenvalue weighted by molar-refractivity contribution is -0.192. The minimum absolute atomic E-state index is 0.0156. The number of piperazine rings is 1. The van der Waals surface area contributed by atoms with E-state index in [0.717, 1.165) is 38.0 Å². The van der Waals surface area contributed by atoms with Crippen LogP contribution in [0.15, 0.2) is 30.3 Å². The van der Waals surface area contributed by atoms with Crippen LogP contribution in [0.2, 0.25) is 0 Å². The Bertz CT molecular complexity index is 806. The SMILES string of the molecule is CCCCNC(=O)N1CCC2(C1)CN(c1ccccc1)C(=O)CN2C.O=C(O)C(F)(F)F. The number of carbonyl (C=O) groups is 3. The zero-order chi connectivity index (χ0) is 23.9. The topological polar surface area (TPSA) is 93.2 Å². The number of alkyl halides is 3. The quantitative estimate of drug-likeness (QED) is 0.677. The minimum Gasteiger partial charge on any atom is -0.475 e. The van der Waals surface area contributed by atoms with Crippen molar-refractivity contribution < 1.29 is 32.7 Å². The van der Waals surface area contributed by atoms with Crippen LogP contribution in [0.5, 0.6) is 0 Å². The molecule has 0 saturated carbocycles. The van der Waals surface area contributed by atoms with E-state index in [-0.39, 0.29) is 17.5 Å². The van der Waals surface area contributed by atoms with Crippen molar-refractivity contribution in [1.29, 1.82) is 0 Å². The molecule has 11 heteroatoms. The summed E-state index contributed by atoms with van der Waals surface area (Å²) in [7, 11) is 2.00. The summed E-state index contributed by atoms with van der Waals surface area (Å²) in [5, 5.41) is 10.1. The maximum absolute atomic E-state index is 12.5. The number of nitrogens with zero attached hydrogens (tertiary/aromatic N) is 3. The molecule has 2 aliphatic heterocycles. The Hall–Kier alpha value is -2.82. The highest BCUT2D eigenvalue weighted by atomic mass is 19.4. The monoisotopic (exact) mass is 458 g/mol. The number of carbonyl (C=O) groups excluding carboxylic acids is 2. The molecule has 1 aromatic rings. The van der Waals surface area contributed by atoms with Crippen molar-refractivity contribution in [2.75, 3.05) is 44.7 Å². The van der Waals surface area contributed by atoms with E-state index in [1.54, 1.807) is 0 Å². The number of benzene rings is 1. The summed E-state index contributed by atoms with van der Waals surface area (Å²) in [4.78, 5) is 39.7. The zero-order valence-electron chi connectivity index (χ0n) is 18.2. The molecule has 8 nitrogen and oxygen atoms in total. The van der Waals surface area contributed by atoms with Crippen molar-refractivity contribution in [2.24, 2.45) is 0 Å².